The summed E-state index contributed by atoms with van der Waals surface area (Å²) < 4.78 is 7.42. The Hall–Kier alpha value is -2.78. The van der Waals surface area contributed by atoms with Gasteiger partial charge in [0, 0.05) is 6.42 Å². The molecular formula is C22H30N6O5. The molecule has 1 aliphatic carbocycles. The number of hydrogen-bond acceptors (Lipinski definition) is 9. The maximum absolute atomic E-state index is 12.1. The number of anilines is 1. The highest BCUT2D eigenvalue weighted by Gasteiger charge is 2.72. The summed E-state index contributed by atoms with van der Waals surface area (Å²) >= 11 is 0. The van der Waals surface area contributed by atoms with Crippen LogP contribution in [0.25, 0.3) is 11.2 Å². The van der Waals surface area contributed by atoms with Crippen molar-refractivity contribution in [2.45, 2.75) is 75.9 Å². The number of hydrogen-bond donors (Lipinski definition) is 5. The summed E-state index contributed by atoms with van der Waals surface area (Å²) in [6.07, 6.45) is 2.96. The van der Waals surface area contributed by atoms with E-state index in [9.17, 15) is 20.1 Å². The van der Waals surface area contributed by atoms with Crippen LogP contribution in [0, 0.1) is 17.3 Å². The molecule has 0 spiro atoms. The predicted octanol–water partition coefficient (Wildman–Crippen LogP) is -0.0224. The Morgan fingerprint density at radius 1 is 1.30 bits per heavy atom. The molecule has 0 radical (unpaired) electrons. The van der Waals surface area contributed by atoms with Gasteiger partial charge in [-0.15, -0.1) is 0 Å². The molecule has 1 saturated heterocycles. The molecule has 1 aliphatic heterocycles. The molecule has 2 aromatic rings. The molecule has 3 heterocycles. The number of aliphatic hydroxyl groups excluding tert-OH is 3. The molecule has 178 valence electrons. The van der Waals surface area contributed by atoms with Crippen molar-refractivity contribution >= 4 is 22.9 Å². The van der Waals surface area contributed by atoms with Crippen molar-refractivity contribution in [2.75, 3.05) is 12.3 Å². The lowest BCUT2D eigenvalue weighted by molar-refractivity contribution is -0.176. The minimum Gasteiger partial charge on any atom is -0.393 e. The van der Waals surface area contributed by atoms with Gasteiger partial charge in [-0.1, -0.05) is 32.1 Å². The van der Waals surface area contributed by atoms with Crippen LogP contribution in [-0.4, -0.2) is 65.2 Å². The van der Waals surface area contributed by atoms with E-state index in [1.165, 1.54) is 10.9 Å². The number of carbonyl (C=O) groups is 1. The fraction of sp³-hybridized carbons (Fsp3) is 0.636. The average molecular weight is 459 g/mol. The number of rotatable bonds is 8. The van der Waals surface area contributed by atoms with E-state index in [4.69, 9.17) is 16.2 Å². The van der Waals surface area contributed by atoms with Gasteiger partial charge >= 0.3 is 0 Å². The molecule has 1 amide bonds. The van der Waals surface area contributed by atoms with Crippen molar-refractivity contribution in [3.8, 4) is 11.8 Å². The van der Waals surface area contributed by atoms with Gasteiger partial charge in [-0.2, -0.15) is 0 Å². The second kappa shape index (κ2) is 8.87. The van der Waals surface area contributed by atoms with Crippen LogP contribution in [0.4, 0.5) is 5.82 Å². The van der Waals surface area contributed by atoms with Crippen molar-refractivity contribution in [3.63, 3.8) is 0 Å². The van der Waals surface area contributed by atoms with Gasteiger partial charge in [-0.25, -0.2) is 15.0 Å². The molecule has 11 heteroatoms. The molecule has 0 aromatic carbocycles. The number of amides is 1. The summed E-state index contributed by atoms with van der Waals surface area (Å²) in [6, 6.07) is 0. The molecule has 2 fully saturated rings. The van der Waals surface area contributed by atoms with E-state index in [0.29, 0.717) is 19.3 Å². The van der Waals surface area contributed by atoms with Gasteiger partial charge in [0.2, 0.25) is 11.7 Å². The second-order valence-electron chi connectivity index (χ2n) is 8.81. The zero-order chi connectivity index (χ0) is 23.8. The highest BCUT2D eigenvalue weighted by Crippen LogP contribution is 2.61. The Morgan fingerprint density at radius 3 is 2.70 bits per heavy atom. The number of ether oxygens (including phenoxy) is 1. The van der Waals surface area contributed by atoms with Crippen molar-refractivity contribution in [1.29, 1.82) is 0 Å². The predicted molar refractivity (Wildman–Crippen MR) is 118 cm³/mol. The van der Waals surface area contributed by atoms with Crippen LogP contribution in [0.5, 0.6) is 0 Å². The second-order valence-corrected chi connectivity index (χ2v) is 8.81. The Balaban J connectivity index is 1.65. The van der Waals surface area contributed by atoms with Crippen LogP contribution >= 0.6 is 0 Å². The lowest BCUT2D eigenvalue weighted by atomic mass is 9.79. The highest BCUT2D eigenvalue weighted by molar-refractivity contribution is 5.85. The maximum Gasteiger partial charge on any atom is 0.226 e. The number of aliphatic hydroxyl groups is 3. The number of aromatic nitrogens is 4. The molecule has 2 aromatic heterocycles. The summed E-state index contributed by atoms with van der Waals surface area (Å²) in [5, 5.41) is 31.8. The molecular weight excluding hydrogens is 428 g/mol. The largest absolute Gasteiger partial charge is 0.393 e. The molecule has 7 N–H and O–H groups in total. The van der Waals surface area contributed by atoms with E-state index in [1.54, 1.807) is 0 Å². The lowest BCUT2D eigenvalue weighted by Crippen LogP contribution is -2.57. The van der Waals surface area contributed by atoms with Gasteiger partial charge < -0.3 is 31.5 Å². The lowest BCUT2D eigenvalue weighted by Gasteiger charge is -2.36. The summed E-state index contributed by atoms with van der Waals surface area (Å²) in [7, 11) is 0. The number of nitrogens with two attached hydrogens (primary N) is 2. The molecule has 33 heavy (non-hydrogen) atoms. The first kappa shape index (κ1) is 23.4. The number of nitrogen functional groups attached to an aromatic ring is 1. The summed E-state index contributed by atoms with van der Waals surface area (Å²) in [5.74, 6) is 5.59. The van der Waals surface area contributed by atoms with E-state index in [0.717, 1.165) is 25.7 Å². The van der Waals surface area contributed by atoms with E-state index in [-0.39, 0.29) is 22.8 Å². The number of fused-ring (bicyclic) bond motifs is 1. The van der Waals surface area contributed by atoms with E-state index < -0.39 is 42.0 Å². The van der Waals surface area contributed by atoms with Crippen LogP contribution in [-0.2, 0) is 9.53 Å². The number of primary amides is 1. The average Bonchev–Trinajstić information content (AvgIpc) is 3.45. The zero-order valence-electron chi connectivity index (χ0n) is 18.6. The SMILES string of the molecule is CCCCCCC#Cc1nc(N)c2ncn([C@@H]3O[C@@](CO)(C4(C(N)=O)CC4)[C@@H](O)[C@H]3O)c2n1. The quantitative estimate of drug-likeness (QED) is 0.268. The molecule has 1 saturated carbocycles. The van der Waals surface area contributed by atoms with Crippen molar-refractivity contribution < 1.29 is 24.9 Å². The Kier molecular flexibility index (Phi) is 6.28. The fourth-order valence-corrected chi connectivity index (χ4v) is 4.65. The van der Waals surface area contributed by atoms with Crippen molar-refractivity contribution in [1.82, 2.24) is 19.5 Å². The van der Waals surface area contributed by atoms with Gasteiger partial charge in [0.25, 0.3) is 0 Å². The minimum absolute atomic E-state index is 0.117. The number of nitrogens with zero attached hydrogens (tertiary/aromatic N) is 4. The van der Waals surface area contributed by atoms with Crippen LogP contribution in [0.15, 0.2) is 6.33 Å². The molecule has 0 unspecified atom stereocenters. The number of unbranched alkanes of at least 4 members (excludes halogenated alkanes) is 4. The normalized spacial score (nSPS) is 27.9. The molecule has 0 bridgehead atoms. The van der Waals surface area contributed by atoms with Gasteiger partial charge in [0.1, 0.15) is 23.3 Å². The number of imidazole rings is 1. The monoisotopic (exact) mass is 458 g/mol. The van der Waals surface area contributed by atoms with Crippen molar-refractivity contribution in [2.24, 2.45) is 11.1 Å². The fourth-order valence-electron chi connectivity index (χ4n) is 4.65. The Bertz CT molecular complexity index is 1100. The maximum atomic E-state index is 12.1. The van der Waals surface area contributed by atoms with Gasteiger partial charge in [0.05, 0.1) is 18.3 Å². The first-order valence-corrected chi connectivity index (χ1v) is 11.2. The van der Waals surface area contributed by atoms with Crippen molar-refractivity contribution in [3.05, 3.63) is 12.2 Å². The number of carbonyl (C=O) groups excluding carboxylic acids is 1. The first-order valence-electron chi connectivity index (χ1n) is 11.2. The smallest absolute Gasteiger partial charge is 0.226 e. The summed E-state index contributed by atoms with van der Waals surface area (Å²) in [5.41, 5.74) is 9.17. The third kappa shape index (κ3) is 3.73. The third-order valence-corrected chi connectivity index (χ3v) is 6.77. The molecule has 2 aliphatic rings. The molecule has 4 rings (SSSR count). The Labute approximate surface area is 191 Å². The highest BCUT2D eigenvalue weighted by atomic mass is 16.6. The van der Waals surface area contributed by atoms with Crippen LogP contribution in [0.2, 0.25) is 0 Å². The molecule has 4 atom stereocenters. The molecule has 11 nitrogen and oxygen atoms in total. The van der Waals surface area contributed by atoms with Crippen LogP contribution < -0.4 is 11.5 Å². The van der Waals surface area contributed by atoms with Gasteiger partial charge in [0.15, 0.2) is 17.7 Å². The van der Waals surface area contributed by atoms with E-state index >= 15 is 0 Å². The van der Waals surface area contributed by atoms with E-state index in [1.807, 2.05) is 0 Å². The summed E-state index contributed by atoms with van der Waals surface area (Å²) in [6.45, 7) is 1.46. The topological polar surface area (TPSA) is 183 Å². The standard InChI is InChI=1S/C22H30N6O5/c1-2-3-4-5-6-7-8-13-26-17(23)14-18(27-13)28(12-25-14)19-15(30)16(31)22(11-29,33-19)21(9-10-21)20(24)32/h12,15-16,19,29-31H,2-6,9-11H2,1H3,(H2,24,32)(H2,23,26,27)/t15-,16+,19-,22-/m1/s1. The van der Waals surface area contributed by atoms with Crippen LogP contribution in [0.1, 0.15) is 63.9 Å². The summed E-state index contributed by atoms with van der Waals surface area (Å²) in [4.78, 5) is 25.0. The van der Waals surface area contributed by atoms with Gasteiger partial charge in [-0.3, -0.25) is 9.36 Å². The van der Waals surface area contributed by atoms with Crippen LogP contribution in [0.3, 0.4) is 0 Å². The van der Waals surface area contributed by atoms with E-state index in [2.05, 4.69) is 33.7 Å². The van der Waals surface area contributed by atoms with Gasteiger partial charge in [-0.05, 0) is 25.2 Å². The Morgan fingerprint density at radius 2 is 2.06 bits per heavy atom. The zero-order valence-corrected chi connectivity index (χ0v) is 18.6. The first-order chi connectivity index (χ1) is 15.8. The minimum atomic E-state index is -1.74. The third-order valence-electron chi connectivity index (χ3n) is 6.77.